The van der Waals surface area contributed by atoms with Gasteiger partial charge in [-0.05, 0) is 37.8 Å². The number of aliphatic hydroxyl groups excluding tert-OH is 1. The van der Waals surface area contributed by atoms with Gasteiger partial charge in [0.15, 0.2) is 0 Å². The van der Waals surface area contributed by atoms with Crippen molar-refractivity contribution in [3.05, 3.63) is 41.4 Å². The van der Waals surface area contributed by atoms with Crippen LogP contribution < -0.4 is 5.32 Å². The molecule has 1 heterocycles. The number of amides is 2. The Bertz CT molecular complexity index is 889. The maximum absolute atomic E-state index is 13.6. The van der Waals surface area contributed by atoms with Crippen LogP contribution >= 0.6 is 11.6 Å². The van der Waals surface area contributed by atoms with Crippen LogP contribution in [-0.4, -0.2) is 53.6 Å². The van der Waals surface area contributed by atoms with E-state index < -0.39 is 29.8 Å². The van der Waals surface area contributed by atoms with Gasteiger partial charge in [-0.1, -0.05) is 55.7 Å². The Morgan fingerprint density at radius 1 is 1.15 bits per heavy atom. The highest BCUT2D eigenvalue weighted by molar-refractivity contribution is 6.33. The highest BCUT2D eigenvalue weighted by Gasteiger charge is 2.56. The van der Waals surface area contributed by atoms with E-state index in [1.54, 1.807) is 36.1 Å². The molecule has 7 nitrogen and oxygen atoms in total. The summed E-state index contributed by atoms with van der Waals surface area (Å²) in [7, 11) is 0. The molecular formula is C25H33ClN2O5. The molecule has 3 rings (SSSR count). The van der Waals surface area contributed by atoms with E-state index in [1.165, 1.54) is 0 Å². The highest BCUT2D eigenvalue weighted by Crippen LogP contribution is 2.44. The van der Waals surface area contributed by atoms with Crippen LogP contribution in [0.1, 0.15) is 39.5 Å². The second kappa shape index (κ2) is 11.7. The number of halogens is 1. The average Bonchev–Trinajstić information content (AvgIpc) is 3.07. The number of nitrogens with one attached hydrogen (secondary N) is 1. The number of allylic oxidation sites excluding steroid dienone is 1. The summed E-state index contributed by atoms with van der Waals surface area (Å²) >= 11 is 6.24. The summed E-state index contributed by atoms with van der Waals surface area (Å²) in [6.07, 6.45) is 6.93. The van der Waals surface area contributed by atoms with Crippen molar-refractivity contribution < 1.29 is 24.2 Å². The van der Waals surface area contributed by atoms with Gasteiger partial charge in [0, 0.05) is 19.1 Å². The first kappa shape index (κ1) is 25.2. The predicted molar refractivity (Wildman–Crippen MR) is 127 cm³/mol. The van der Waals surface area contributed by atoms with Crippen molar-refractivity contribution in [3.63, 3.8) is 0 Å². The zero-order chi connectivity index (χ0) is 24.0. The Morgan fingerprint density at radius 3 is 2.58 bits per heavy atom. The van der Waals surface area contributed by atoms with Crippen molar-refractivity contribution in [1.82, 2.24) is 4.90 Å². The molecule has 180 valence electrons. The minimum Gasteiger partial charge on any atom is -0.466 e. The third-order valence-corrected chi connectivity index (χ3v) is 6.87. The van der Waals surface area contributed by atoms with E-state index in [1.807, 2.05) is 19.1 Å². The number of esters is 1. The lowest BCUT2D eigenvalue weighted by molar-refractivity contribution is -0.155. The van der Waals surface area contributed by atoms with Crippen LogP contribution in [0.2, 0.25) is 5.02 Å². The number of para-hydroxylation sites is 1. The number of hydrogen-bond donors (Lipinski definition) is 2. The van der Waals surface area contributed by atoms with Crippen LogP contribution in [0.3, 0.4) is 0 Å². The van der Waals surface area contributed by atoms with E-state index in [4.69, 9.17) is 21.4 Å². The number of benzene rings is 1. The van der Waals surface area contributed by atoms with Gasteiger partial charge >= 0.3 is 5.97 Å². The molecule has 2 amide bonds. The van der Waals surface area contributed by atoms with Crippen LogP contribution in [0.4, 0.5) is 5.69 Å². The summed E-state index contributed by atoms with van der Waals surface area (Å²) in [5.74, 6) is -2.75. The summed E-state index contributed by atoms with van der Waals surface area (Å²) < 4.78 is 5.29. The summed E-state index contributed by atoms with van der Waals surface area (Å²) in [6.45, 7) is 4.43. The molecule has 1 aliphatic carbocycles. The molecule has 33 heavy (non-hydrogen) atoms. The van der Waals surface area contributed by atoms with Crippen molar-refractivity contribution in [2.24, 2.45) is 23.7 Å². The molecule has 1 saturated heterocycles. The molecule has 1 aliphatic heterocycles. The normalized spacial score (nSPS) is 26.2. The first-order valence-corrected chi connectivity index (χ1v) is 12.1. The van der Waals surface area contributed by atoms with Crippen molar-refractivity contribution in [1.29, 1.82) is 0 Å². The third-order valence-electron chi connectivity index (χ3n) is 6.54. The van der Waals surface area contributed by atoms with E-state index in [2.05, 4.69) is 5.32 Å². The molecule has 0 unspecified atom stereocenters. The van der Waals surface area contributed by atoms with Crippen LogP contribution in [0, 0.1) is 23.7 Å². The number of rotatable bonds is 10. The van der Waals surface area contributed by atoms with Crippen molar-refractivity contribution in [3.8, 4) is 0 Å². The number of unbranched alkanes of at least 4 members (excludes halogenated alkanes) is 3. The summed E-state index contributed by atoms with van der Waals surface area (Å²) in [4.78, 5) is 41.4. The number of ether oxygens (including phenoxy) is 1. The zero-order valence-corrected chi connectivity index (χ0v) is 20.0. The summed E-state index contributed by atoms with van der Waals surface area (Å²) in [5, 5.41) is 12.3. The molecule has 0 radical (unpaired) electrons. The van der Waals surface area contributed by atoms with E-state index in [9.17, 15) is 14.4 Å². The number of carbonyl (C=O) groups excluding carboxylic acids is 3. The van der Waals surface area contributed by atoms with Gasteiger partial charge in [0.2, 0.25) is 11.8 Å². The largest absolute Gasteiger partial charge is 0.466 e. The van der Waals surface area contributed by atoms with Crippen molar-refractivity contribution in [2.75, 3.05) is 25.1 Å². The first-order valence-electron chi connectivity index (χ1n) is 11.7. The highest BCUT2D eigenvalue weighted by atomic mass is 35.5. The standard InChI is InChI=1S/C25H33ClN2O5/c1-3-33-25(32)20-16(2)12-13-17-21(20)24(31)28(14-8-4-5-9-15-29)22(17)23(30)27-19-11-7-6-10-18(19)26/h6-7,10-13,16-17,20-22,29H,3-5,8-9,14-15H2,1-2H3,(H,27,30)/t16-,17+,20-,21-,22+/m1/s1. The number of nitrogens with zero attached hydrogens (tertiary/aromatic N) is 1. The number of anilines is 1. The Kier molecular flexibility index (Phi) is 8.92. The average molecular weight is 477 g/mol. The molecule has 0 spiro atoms. The topological polar surface area (TPSA) is 95.9 Å². The third kappa shape index (κ3) is 5.58. The van der Waals surface area contributed by atoms with Crippen LogP contribution in [0.25, 0.3) is 0 Å². The molecule has 8 heteroatoms. The molecule has 0 saturated carbocycles. The summed E-state index contributed by atoms with van der Waals surface area (Å²) in [5.41, 5.74) is 0.484. The molecule has 1 aromatic carbocycles. The molecule has 2 N–H and O–H groups in total. The van der Waals surface area contributed by atoms with Crippen LogP contribution in [0.5, 0.6) is 0 Å². The van der Waals surface area contributed by atoms with Gasteiger partial charge in [-0.2, -0.15) is 0 Å². The fourth-order valence-corrected chi connectivity index (χ4v) is 5.13. The minimum atomic E-state index is -0.739. The fourth-order valence-electron chi connectivity index (χ4n) is 4.95. The first-order chi connectivity index (χ1) is 15.9. The Morgan fingerprint density at radius 2 is 1.88 bits per heavy atom. The lowest BCUT2D eigenvalue weighted by Gasteiger charge is -2.32. The van der Waals surface area contributed by atoms with Gasteiger partial charge in [-0.3, -0.25) is 14.4 Å². The maximum atomic E-state index is 13.6. The summed E-state index contributed by atoms with van der Waals surface area (Å²) in [6, 6.07) is 6.23. The van der Waals surface area contributed by atoms with E-state index in [0.717, 1.165) is 12.8 Å². The number of carbonyl (C=O) groups is 3. The molecule has 1 aromatic rings. The van der Waals surface area contributed by atoms with Gasteiger partial charge in [0.1, 0.15) is 6.04 Å². The molecule has 2 aliphatic rings. The fraction of sp³-hybridized carbons (Fsp3) is 0.560. The van der Waals surface area contributed by atoms with Crippen LogP contribution in [0.15, 0.2) is 36.4 Å². The van der Waals surface area contributed by atoms with E-state index >= 15 is 0 Å². The Labute approximate surface area is 200 Å². The number of fused-ring (bicyclic) bond motifs is 1. The maximum Gasteiger partial charge on any atom is 0.310 e. The number of likely N-dealkylation sites (tertiary alicyclic amines) is 1. The number of aliphatic hydroxyl groups is 1. The second-order valence-corrected chi connectivity index (χ2v) is 9.12. The van der Waals surface area contributed by atoms with Crippen LogP contribution in [-0.2, 0) is 19.1 Å². The minimum absolute atomic E-state index is 0.138. The Balaban J connectivity index is 1.88. The smallest absolute Gasteiger partial charge is 0.310 e. The van der Waals surface area contributed by atoms with Crippen molar-refractivity contribution >= 4 is 35.1 Å². The van der Waals surface area contributed by atoms with E-state index in [-0.39, 0.29) is 30.9 Å². The monoisotopic (exact) mass is 476 g/mol. The Hall–Kier alpha value is -2.38. The molecule has 1 fully saturated rings. The molecule has 0 bridgehead atoms. The SMILES string of the molecule is CCOC(=O)[C@H]1[C@@H]2C(=O)N(CCCCCCO)[C@H](C(=O)Nc3ccccc3Cl)[C@H]2C=C[C@H]1C. The lowest BCUT2D eigenvalue weighted by atomic mass is 9.70. The van der Waals surface area contributed by atoms with Gasteiger partial charge in [0.05, 0.1) is 29.2 Å². The lowest BCUT2D eigenvalue weighted by Crippen LogP contribution is -2.44. The van der Waals surface area contributed by atoms with Gasteiger partial charge in [-0.15, -0.1) is 0 Å². The zero-order valence-electron chi connectivity index (χ0n) is 19.2. The second-order valence-electron chi connectivity index (χ2n) is 8.71. The number of hydrogen-bond acceptors (Lipinski definition) is 5. The predicted octanol–water partition coefficient (Wildman–Crippen LogP) is 3.66. The van der Waals surface area contributed by atoms with Gasteiger partial charge < -0.3 is 20.1 Å². The van der Waals surface area contributed by atoms with Gasteiger partial charge in [0.25, 0.3) is 0 Å². The quantitative estimate of drug-likeness (QED) is 0.305. The molecule has 5 atom stereocenters. The molecule has 0 aromatic heterocycles. The van der Waals surface area contributed by atoms with E-state index in [0.29, 0.717) is 30.1 Å². The van der Waals surface area contributed by atoms with Gasteiger partial charge in [-0.25, -0.2) is 0 Å². The van der Waals surface area contributed by atoms with Crippen molar-refractivity contribution in [2.45, 2.75) is 45.6 Å². The molecular weight excluding hydrogens is 444 g/mol.